The molecule has 1 N–H and O–H groups in total. The lowest BCUT2D eigenvalue weighted by atomic mass is 10.2. The van der Waals surface area contributed by atoms with Gasteiger partial charge in [0, 0.05) is 4.47 Å². The van der Waals surface area contributed by atoms with Crippen molar-refractivity contribution < 1.29 is 19.1 Å². The van der Waals surface area contributed by atoms with Gasteiger partial charge in [-0.15, -0.1) is 0 Å². The van der Waals surface area contributed by atoms with Crippen LogP contribution >= 0.6 is 15.9 Å². The van der Waals surface area contributed by atoms with Crippen molar-refractivity contribution in [2.45, 2.75) is 6.92 Å². The number of carbonyl (C=O) groups excluding carboxylic acids is 2. The first-order valence-electron chi connectivity index (χ1n) is 6.94. The molecule has 2 aromatic carbocycles. The van der Waals surface area contributed by atoms with Gasteiger partial charge in [-0.25, -0.2) is 4.79 Å². The molecule has 120 valence electrons. The van der Waals surface area contributed by atoms with Crippen molar-refractivity contribution in [3.63, 3.8) is 0 Å². The Labute approximate surface area is 142 Å². The Morgan fingerprint density at radius 1 is 1.09 bits per heavy atom. The fraction of sp³-hybridized carbons (Fsp3) is 0.176. The van der Waals surface area contributed by atoms with Crippen LogP contribution in [0.3, 0.4) is 0 Å². The average Bonchev–Trinajstić information content (AvgIpc) is 2.53. The predicted octanol–water partition coefficient (Wildman–Crippen LogP) is 3.32. The van der Waals surface area contributed by atoms with Crippen LogP contribution in [0.1, 0.15) is 5.56 Å². The Bertz CT molecular complexity index is 702. The minimum Gasteiger partial charge on any atom is -0.482 e. The van der Waals surface area contributed by atoms with Crippen molar-refractivity contribution in [3.8, 4) is 5.75 Å². The van der Waals surface area contributed by atoms with Gasteiger partial charge in [0.1, 0.15) is 5.75 Å². The zero-order valence-corrected chi connectivity index (χ0v) is 14.1. The molecule has 0 heterocycles. The molecule has 0 aliphatic carbocycles. The molecule has 0 saturated carbocycles. The number of nitrogens with one attached hydrogen (secondary N) is 1. The largest absolute Gasteiger partial charge is 0.482 e. The molecule has 0 saturated heterocycles. The van der Waals surface area contributed by atoms with Crippen molar-refractivity contribution in [2.24, 2.45) is 0 Å². The zero-order chi connectivity index (χ0) is 16.7. The Morgan fingerprint density at radius 2 is 1.87 bits per heavy atom. The fourth-order valence-corrected chi connectivity index (χ4v) is 2.17. The quantitative estimate of drug-likeness (QED) is 0.784. The van der Waals surface area contributed by atoms with Crippen LogP contribution in [0.4, 0.5) is 5.69 Å². The molecule has 0 aliphatic heterocycles. The topological polar surface area (TPSA) is 64.6 Å². The molecule has 0 atom stereocenters. The van der Waals surface area contributed by atoms with Gasteiger partial charge in [0.15, 0.2) is 13.2 Å². The summed E-state index contributed by atoms with van der Waals surface area (Å²) in [6, 6.07) is 14.5. The number of benzene rings is 2. The SMILES string of the molecule is Cc1cccc(OCC(=O)OCC(=O)Nc2ccccc2Br)c1. The molecule has 1 amide bonds. The standard InChI is InChI=1S/C17H16BrNO4/c1-12-5-4-6-13(9-12)22-11-17(21)23-10-16(20)19-15-8-3-2-7-14(15)18/h2-9H,10-11H2,1H3,(H,19,20). The van der Waals surface area contributed by atoms with E-state index in [-0.39, 0.29) is 13.2 Å². The summed E-state index contributed by atoms with van der Waals surface area (Å²) in [4.78, 5) is 23.3. The normalized spacial score (nSPS) is 10.0. The van der Waals surface area contributed by atoms with Crippen LogP contribution in [-0.2, 0) is 14.3 Å². The first kappa shape index (κ1) is 17.0. The summed E-state index contributed by atoms with van der Waals surface area (Å²) in [7, 11) is 0. The molecule has 0 aromatic heterocycles. The van der Waals surface area contributed by atoms with Gasteiger partial charge in [-0.05, 0) is 52.7 Å². The molecular formula is C17H16BrNO4. The van der Waals surface area contributed by atoms with Crippen molar-refractivity contribution in [2.75, 3.05) is 18.5 Å². The van der Waals surface area contributed by atoms with Crippen molar-refractivity contribution >= 4 is 33.5 Å². The molecule has 2 rings (SSSR count). The summed E-state index contributed by atoms with van der Waals surface area (Å²) in [5.41, 5.74) is 1.65. The molecule has 6 heteroatoms. The molecule has 0 fully saturated rings. The van der Waals surface area contributed by atoms with E-state index in [0.29, 0.717) is 11.4 Å². The van der Waals surface area contributed by atoms with Gasteiger partial charge in [0.2, 0.25) is 0 Å². The van der Waals surface area contributed by atoms with Crippen LogP contribution in [0, 0.1) is 6.92 Å². The van der Waals surface area contributed by atoms with Crippen LogP contribution < -0.4 is 10.1 Å². The highest BCUT2D eigenvalue weighted by Gasteiger charge is 2.10. The van der Waals surface area contributed by atoms with E-state index < -0.39 is 11.9 Å². The third-order valence-electron chi connectivity index (χ3n) is 2.86. The van der Waals surface area contributed by atoms with Crippen LogP contribution in [0.5, 0.6) is 5.75 Å². The molecule has 0 aliphatic rings. The van der Waals surface area contributed by atoms with Crippen LogP contribution in [0.2, 0.25) is 0 Å². The first-order chi connectivity index (χ1) is 11.0. The third-order valence-corrected chi connectivity index (χ3v) is 3.55. The lowest BCUT2D eigenvalue weighted by Crippen LogP contribution is -2.23. The highest BCUT2D eigenvalue weighted by molar-refractivity contribution is 9.10. The minimum atomic E-state index is -0.603. The summed E-state index contributed by atoms with van der Waals surface area (Å²) in [5.74, 6) is -0.436. The molecule has 0 bridgehead atoms. The van der Waals surface area contributed by atoms with Gasteiger partial charge < -0.3 is 14.8 Å². The Kier molecular flexibility index (Phi) is 6.17. The average molecular weight is 378 g/mol. The van der Waals surface area contributed by atoms with Gasteiger partial charge in [-0.1, -0.05) is 24.3 Å². The minimum absolute atomic E-state index is 0.244. The van der Waals surface area contributed by atoms with Crippen molar-refractivity contribution in [1.29, 1.82) is 0 Å². The van der Waals surface area contributed by atoms with Gasteiger partial charge in [-0.3, -0.25) is 4.79 Å². The van der Waals surface area contributed by atoms with Gasteiger partial charge in [-0.2, -0.15) is 0 Å². The smallest absolute Gasteiger partial charge is 0.344 e. The highest BCUT2D eigenvalue weighted by atomic mass is 79.9. The predicted molar refractivity (Wildman–Crippen MR) is 90.4 cm³/mol. The van der Waals surface area contributed by atoms with E-state index in [1.54, 1.807) is 24.3 Å². The molecule has 2 aromatic rings. The Balaban J connectivity index is 1.74. The second-order valence-electron chi connectivity index (χ2n) is 4.79. The number of esters is 1. The summed E-state index contributed by atoms with van der Waals surface area (Å²) in [5, 5.41) is 2.64. The van der Waals surface area contributed by atoms with Crippen LogP contribution in [0.15, 0.2) is 53.0 Å². The number of amides is 1. The summed E-state index contributed by atoms with van der Waals surface area (Å²) >= 11 is 3.32. The fourth-order valence-electron chi connectivity index (χ4n) is 1.78. The number of rotatable bonds is 6. The number of para-hydroxylation sites is 1. The first-order valence-corrected chi connectivity index (χ1v) is 7.73. The molecular weight excluding hydrogens is 362 g/mol. The van der Waals surface area contributed by atoms with Gasteiger partial charge >= 0.3 is 5.97 Å². The number of hydrogen-bond acceptors (Lipinski definition) is 4. The summed E-state index contributed by atoms with van der Waals surface area (Å²) in [6.07, 6.45) is 0. The van der Waals surface area contributed by atoms with Gasteiger partial charge in [0.25, 0.3) is 5.91 Å². The zero-order valence-electron chi connectivity index (χ0n) is 12.5. The molecule has 0 radical (unpaired) electrons. The monoisotopic (exact) mass is 377 g/mol. The van der Waals surface area contributed by atoms with E-state index in [9.17, 15) is 9.59 Å². The number of carbonyl (C=O) groups is 2. The maximum atomic E-state index is 11.7. The lowest BCUT2D eigenvalue weighted by Gasteiger charge is -2.09. The third kappa shape index (κ3) is 5.75. The number of hydrogen-bond donors (Lipinski definition) is 1. The van der Waals surface area contributed by atoms with E-state index in [0.717, 1.165) is 10.0 Å². The molecule has 23 heavy (non-hydrogen) atoms. The van der Waals surface area contributed by atoms with Crippen molar-refractivity contribution in [1.82, 2.24) is 0 Å². The summed E-state index contributed by atoms with van der Waals surface area (Å²) in [6.45, 7) is 1.32. The number of anilines is 1. The van der Waals surface area contributed by atoms with E-state index in [1.807, 2.05) is 31.2 Å². The maximum Gasteiger partial charge on any atom is 0.344 e. The van der Waals surface area contributed by atoms with E-state index in [2.05, 4.69) is 21.2 Å². The van der Waals surface area contributed by atoms with E-state index in [4.69, 9.17) is 9.47 Å². The lowest BCUT2D eigenvalue weighted by molar-refractivity contribution is -0.149. The van der Waals surface area contributed by atoms with Crippen molar-refractivity contribution in [3.05, 3.63) is 58.6 Å². The summed E-state index contributed by atoms with van der Waals surface area (Å²) < 4.78 is 10.9. The van der Waals surface area contributed by atoms with Gasteiger partial charge in [0.05, 0.1) is 5.69 Å². The highest BCUT2D eigenvalue weighted by Crippen LogP contribution is 2.20. The maximum absolute atomic E-state index is 11.7. The molecule has 0 spiro atoms. The second-order valence-corrected chi connectivity index (χ2v) is 5.65. The number of halogens is 1. The second kappa shape index (κ2) is 8.33. The Morgan fingerprint density at radius 3 is 2.61 bits per heavy atom. The van der Waals surface area contributed by atoms with E-state index in [1.165, 1.54) is 0 Å². The number of aryl methyl sites for hydroxylation is 1. The van der Waals surface area contributed by atoms with E-state index >= 15 is 0 Å². The number of ether oxygens (including phenoxy) is 2. The Hall–Kier alpha value is -2.34. The molecule has 5 nitrogen and oxygen atoms in total. The molecule has 0 unspecified atom stereocenters. The van der Waals surface area contributed by atoms with Crippen LogP contribution in [0.25, 0.3) is 0 Å². The van der Waals surface area contributed by atoms with Crippen LogP contribution in [-0.4, -0.2) is 25.1 Å².